The number of ether oxygens (including phenoxy) is 1. The van der Waals surface area contributed by atoms with E-state index in [0.29, 0.717) is 16.9 Å². The van der Waals surface area contributed by atoms with Gasteiger partial charge < -0.3 is 14.6 Å². The average molecular weight is 574 g/mol. The summed E-state index contributed by atoms with van der Waals surface area (Å²) in [6.07, 6.45) is 0. The fraction of sp³-hybridized carbons (Fsp3) is 0.158. The average Bonchev–Trinajstić information content (AvgIpc) is 3.08. The van der Waals surface area contributed by atoms with Crippen LogP contribution in [-0.2, 0) is 14.8 Å². The van der Waals surface area contributed by atoms with Gasteiger partial charge in [-0.05, 0) is 38.1 Å². The number of benzene rings is 2. The molecule has 0 aliphatic heterocycles. The van der Waals surface area contributed by atoms with Gasteiger partial charge in [0.2, 0.25) is 5.88 Å². The van der Waals surface area contributed by atoms with Gasteiger partial charge in [0.15, 0.2) is 12.4 Å². The Bertz CT molecular complexity index is 1300. The van der Waals surface area contributed by atoms with Crippen LogP contribution >= 0.6 is 58.0 Å². The number of amides is 1. The molecular formula is C19H14Cl5N3O5S. The summed E-state index contributed by atoms with van der Waals surface area (Å²) in [5, 5.41) is 5.89. The second-order valence-electron chi connectivity index (χ2n) is 6.59. The third-order valence-corrected chi connectivity index (χ3v) is 7.94. The van der Waals surface area contributed by atoms with E-state index in [2.05, 4.69) is 15.2 Å². The number of aryl methyl sites for hydroxylation is 1. The molecule has 3 aromatic rings. The number of halogens is 5. The Balaban J connectivity index is 1.66. The van der Waals surface area contributed by atoms with Crippen molar-refractivity contribution in [3.8, 4) is 5.75 Å². The van der Waals surface area contributed by atoms with Crippen molar-refractivity contribution in [1.29, 1.82) is 0 Å². The molecule has 0 saturated carbocycles. The number of nitrogens with zero attached hydrogens (tertiary/aromatic N) is 1. The Morgan fingerprint density at radius 3 is 2.03 bits per heavy atom. The van der Waals surface area contributed by atoms with E-state index < -0.39 is 22.5 Å². The summed E-state index contributed by atoms with van der Waals surface area (Å²) in [6.45, 7) is 2.88. The highest BCUT2D eigenvalue weighted by atomic mass is 35.5. The van der Waals surface area contributed by atoms with Crippen LogP contribution in [0.1, 0.15) is 11.3 Å². The van der Waals surface area contributed by atoms with Gasteiger partial charge in [-0.1, -0.05) is 63.2 Å². The molecule has 2 N–H and O–H groups in total. The molecule has 0 fully saturated rings. The molecular weight excluding hydrogens is 560 g/mol. The maximum Gasteiger partial charge on any atom is 0.264 e. The highest BCUT2D eigenvalue weighted by Gasteiger charge is 2.22. The molecule has 0 radical (unpaired) electrons. The highest BCUT2D eigenvalue weighted by molar-refractivity contribution is 7.92. The molecule has 33 heavy (non-hydrogen) atoms. The van der Waals surface area contributed by atoms with Gasteiger partial charge in [0.1, 0.15) is 10.0 Å². The predicted molar refractivity (Wildman–Crippen MR) is 129 cm³/mol. The number of hydrogen-bond acceptors (Lipinski definition) is 6. The molecule has 3 rings (SSSR count). The number of nitrogens with one attached hydrogen (secondary N) is 2. The van der Waals surface area contributed by atoms with Gasteiger partial charge >= 0.3 is 0 Å². The lowest BCUT2D eigenvalue weighted by molar-refractivity contribution is -0.118. The minimum Gasteiger partial charge on any atom is -0.481 e. The van der Waals surface area contributed by atoms with Crippen LogP contribution in [0, 0.1) is 13.8 Å². The van der Waals surface area contributed by atoms with Crippen molar-refractivity contribution >= 4 is 85.5 Å². The third-order valence-electron chi connectivity index (χ3n) is 4.35. The topological polar surface area (TPSA) is 111 Å². The maximum atomic E-state index is 12.5. The Morgan fingerprint density at radius 1 is 0.970 bits per heavy atom. The lowest BCUT2D eigenvalue weighted by Gasteiger charge is -2.14. The molecule has 1 amide bonds. The summed E-state index contributed by atoms with van der Waals surface area (Å²) in [6, 6.07) is 5.43. The zero-order valence-corrected chi connectivity index (χ0v) is 21.4. The Kier molecular flexibility index (Phi) is 7.93. The first-order valence-electron chi connectivity index (χ1n) is 8.92. The first kappa shape index (κ1) is 25.7. The number of rotatable bonds is 7. The smallest absolute Gasteiger partial charge is 0.264 e. The Hall–Kier alpha value is -1.88. The van der Waals surface area contributed by atoms with Crippen LogP contribution in [0.3, 0.4) is 0 Å². The second-order valence-corrected chi connectivity index (χ2v) is 10.2. The van der Waals surface area contributed by atoms with Crippen LogP contribution in [0.15, 0.2) is 33.7 Å². The molecule has 176 valence electrons. The van der Waals surface area contributed by atoms with Crippen molar-refractivity contribution in [1.82, 2.24) is 5.16 Å². The quantitative estimate of drug-likeness (QED) is 0.251. The van der Waals surface area contributed by atoms with Gasteiger partial charge in [-0.3, -0.25) is 4.79 Å². The molecule has 0 saturated heterocycles. The first-order chi connectivity index (χ1) is 15.4. The number of sulfonamides is 1. The summed E-state index contributed by atoms with van der Waals surface area (Å²) in [4.78, 5) is 12.2. The molecule has 14 heteroatoms. The van der Waals surface area contributed by atoms with Gasteiger partial charge in [-0.2, -0.15) is 0 Å². The highest BCUT2D eigenvalue weighted by Crippen LogP contribution is 2.48. The number of aromatic nitrogens is 1. The normalized spacial score (nSPS) is 11.4. The molecule has 0 atom stereocenters. The molecule has 0 unspecified atom stereocenters. The summed E-state index contributed by atoms with van der Waals surface area (Å²) in [5.41, 5.74) is 1.46. The summed E-state index contributed by atoms with van der Waals surface area (Å²) in [5.74, 6) is -0.647. The molecule has 1 heterocycles. The van der Waals surface area contributed by atoms with Crippen LogP contribution < -0.4 is 14.8 Å². The standard InChI is InChI=1S/C19H14Cl5N3O5S/c1-8-9(2)26-32-19(8)27-33(29,30)11-5-3-10(4-6-11)25-12(28)7-31-18-16(23)14(21)13(20)15(22)17(18)24/h3-6,27H,7H2,1-2H3,(H,25,28). The summed E-state index contributed by atoms with van der Waals surface area (Å²) in [7, 11) is -3.92. The minimum absolute atomic E-state index is 0.0294. The van der Waals surface area contributed by atoms with Gasteiger partial charge in [-0.25, -0.2) is 13.1 Å². The second kappa shape index (κ2) is 10.2. The van der Waals surface area contributed by atoms with Crippen LogP contribution in [0.2, 0.25) is 25.1 Å². The SMILES string of the molecule is Cc1noc(NS(=O)(=O)c2ccc(NC(=O)COc3c(Cl)c(Cl)c(Cl)c(Cl)c3Cl)cc2)c1C. The van der Waals surface area contributed by atoms with Crippen molar-refractivity contribution in [2.75, 3.05) is 16.6 Å². The number of carbonyl (C=O) groups is 1. The monoisotopic (exact) mass is 571 g/mol. The number of carbonyl (C=O) groups excluding carboxylic acids is 1. The zero-order valence-electron chi connectivity index (χ0n) is 16.8. The van der Waals surface area contributed by atoms with Crippen LogP contribution in [0.4, 0.5) is 11.6 Å². The maximum absolute atomic E-state index is 12.5. The van der Waals surface area contributed by atoms with E-state index in [1.54, 1.807) is 13.8 Å². The minimum atomic E-state index is -3.92. The molecule has 8 nitrogen and oxygen atoms in total. The van der Waals surface area contributed by atoms with Crippen molar-refractivity contribution < 1.29 is 22.5 Å². The van der Waals surface area contributed by atoms with Crippen LogP contribution in [0.25, 0.3) is 0 Å². The van der Waals surface area contributed by atoms with E-state index in [1.165, 1.54) is 24.3 Å². The molecule has 1 aromatic heterocycles. The molecule has 0 aliphatic rings. The van der Waals surface area contributed by atoms with E-state index in [0.717, 1.165) is 0 Å². The van der Waals surface area contributed by atoms with Crippen molar-refractivity contribution in [2.24, 2.45) is 0 Å². The van der Waals surface area contributed by atoms with E-state index >= 15 is 0 Å². The van der Waals surface area contributed by atoms with Crippen LogP contribution in [0.5, 0.6) is 5.75 Å². The Labute approximate surface area is 214 Å². The third kappa shape index (κ3) is 5.62. The van der Waals surface area contributed by atoms with Gasteiger partial charge in [-0.15, -0.1) is 0 Å². The zero-order chi connectivity index (χ0) is 24.5. The van der Waals surface area contributed by atoms with E-state index in [9.17, 15) is 13.2 Å². The fourth-order valence-corrected chi connectivity index (χ4v) is 4.73. The summed E-state index contributed by atoms with van der Waals surface area (Å²) < 4.78 is 37.7. The van der Waals surface area contributed by atoms with Crippen molar-refractivity contribution in [3.05, 3.63) is 60.6 Å². The molecule has 2 aromatic carbocycles. The van der Waals surface area contributed by atoms with Crippen LogP contribution in [-0.4, -0.2) is 26.1 Å². The Morgan fingerprint density at radius 2 is 1.52 bits per heavy atom. The van der Waals surface area contributed by atoms with E-state index in [4.69, 9.17) is 67.3 Å². The van der Waals surface area contributed by atoms with Crippen molar-refractivity contribution in [3.63, 3.8) is 0 Å². The fourth-order valence-electron chi connectivity index (χ4n) is 2.46. The summed E-state index contributed by atoms with van der Waals surface area (Å²) >= 11 is 30.0. The number of hydrogen-bond donors (Lipinski definition) is 2. The lowest BCUT2D eigenvalue weighted by atomic mass is 10.3. The van der Waals surface area contributed by atoms with E-state index in [1.807, 2.05) is 0 Å². The van der Waals surface area contributed by atoms with E-state index in [-0.39, 0.29) is 41.6 Å². The van der Waals surface area contributed by atoms with Gasteiger partial charge in [0.05, 0.1) is 25.7 Å². The largest absolute Gasteiger partial charge is 0.481 e. The first-order valence-corrected chi connectivity index (χ1v) is 12.3. The number of anilines is 2. The molecule has 0 spiro atoms. The molecule has 0 bridgehead atoms. The predicted octanol–water partition coefficient (Wildman–Crippen LogP) is 6.38. The van der Waals surface area contributed by atoms with Gasteiger partial charge in [0, 0.05) is 11.3 Å². The lowest BCUT2D eigenvalue weighted by Crippen LogP contribution is -2.20. The van der Waals surface area contributed by atoms with Gasteiger partial charge in [0.25, 0.3) is 15.9 Å². The van der Waals surface area contributed by atoms with Crippen molar-refractivity contribution in [2.45, 2.75) is 18.7 Å². The molecule has 0 aliphatic carbocycles.